The molecule has 0 atom stereocenters. The standard InChI is InChI=1S/C11H12O4/c1-7-2-3-8(6-9(12)13)11-10(7)14-4-5-15-11/h2-3H,4-6H2,1H3,(H,12,13). The predicted octanol–water partition coefficient (Wildman–Crippen LogP) is 1.39. The molecule has 4 heteroatoms. The molecule has 1 aromatic rings. The van der Waals surface area contributed by atoms with E-state index in [1.165, 1.54) is 0 Å². The fourth-order valence-electron chi connectivity index (χ4n) is 1.63. The Kier molecular flexibility index (Phi) is 2.49. The molecule has 15 heavy (non-hydrogen) atoms. The van der Waals surface area contributed by atoms with Gasteiger partial charge in [-0.25, -0.2) is 0 Å². The highest BCUT2D eigenvalue weighted by molar-refractivity contribution is 5.72. The van der Waals surface area contributed by atoms with Gasteiger partial charge in [0.2, 0.25) is 0 Å². The molecule has 0 unspecified atom stereocenters. The third kappa shape index (κ3) is 1.88. The highest BCUT2D eigenvalue weighted by atomic mass is 16.6. The minimum atomic E-state index is -0.866. The summed E-state index contributed by atoms with van der Waals surface area (Å²) in [6.45, 7) is 2.91. The summed E-state index contributed by atoms with van der Waals surface area (Å²) in [6, 6.07) is 3.63. The number of hydrogen-bond acceptors (Lipinski definition) is 3. The fraction of sp³-hybridized carbons (Fsp3) is 0.364. The van der Waals surface area contributed by atoms with Crippen LogP contribution in [0.15, 0.2) is 12.1 Å². The van der Waals surface area contributed by atoms with E-state index in [9.17, 15) is 4.79 Å². The second-order valence-electron chi connectivity index (χ2n) is 3.47. The molecule has 0 radical (unpaired) electrons. The molecule has 0 saturated carbocycles. The van der Waals surface area contributed by atoms with Gasteiger partial charge in [0.1, 0.15) is 13.2 Å². The minimum absolute atomic E-state index is 0.0357. The number of benzene rings is 1. The van der Waals surface area contributed by atoms with E-state index < -0.39 is 5.97 Å². The van der Waals surface area contributed by atoms with E-state index in [0.29, 0.717) is 30.3 Å². The van der Waals surface area contributed by atoms with Gasteiger partial charge in [-0.3, -0.25) is 4.79 Å². The van der Waals surface area contributed by atoms with E-state index in [-0.39, 0.29) is 6.42 Å². The van der Waals surface area contributed by atoms with Crippen LogP contribution in [0.2, 0.25) is 0 Å². The van der Waals surface area contributed by atoms with E-state index in [0.717, 1.165) is 5.56 Å². The highest BCUT2D eigenvalue weighted by Gasteiger charge is 2.19. The Morgan fingerprint density at radius 1 is 1.33 bits per heavy atom. The maximum atomic E-state index is 10.6. The molecule has 0 saturated heterocycles. The quantitative estimate of drug-likeness (QED) is 0.798. The average molecular weight is 208 g/mol. The third-order valence-electron chi connectivity index (χ3n) is 2.31. The van der Waals surface area contributed by atoms with Gasteiger partial charge >= 0.3 is 5.97 Å². The Morgan fingerprint density at radius 2 is 2.00 bits per heavy atom. The molecular formula is C11H12O4. The normalized spacial score (nSPS) is 13.7. The molecule has 1 heterocycles. The monoisotopic (exact) mass is 208 g/mol. The fourth-order valence-corrected chi connectivity index (χ4v) is 1.63. The first-order chi connectivity index (χ1) is 7.18. The van der Waals surface area contributed by atoms with E-state index in [1.54, 1.807) is 6.07 Å². The summed E-state index contributed by atoms with van der Waals surface area (Å²) in [5, 5.41) is 8.74. The topological polar surface area (TPSA) is 55.8 Å². The number of hydrogen-bond donors (Lipinski definition) is 1. The molecule has 1 aromatic carbocycles. The van der Waals surface area contributed by atoms with Crippen LogP contribution in [0, 0.1) is 6.92 Å². The Labute approximate surface area is 87.4 Å². The van der Waals surface area contributed by atoms with Crippen LogP contribution in [-0.2, 0) is 11.2 Å². The van der Waals surface area contributed by atoms with Crippen molar-refractivity contribution in [3.8, 4) is 11.5 Å². The Hall–Kier alpha value is -1.71. The molecule has 2 rings (SSSR count). The molecule has 1 aliphatic rings. The van der Waals surface area contributed by atoms with E-state index in [1.807, 2.05) is 13.0 Å². The Morgan fingerprint density at radius 3 is 2.67 bits per heavy atom. The van der Waals surface area contributed by atoms with Gasteiger partial charge in [0.05, 0.1) is 6.42 Å². The maximum absolute atomic E-state index is 10.6. The van der Waals surface area contributed by atoms with E-state index in [2.05, 4.69) is 0 Å². The van der Waals surface area contributed by atoms with Crippen molar-refractivity contribution in [3.63, 3.8) is 0 Å². The Balaban J connectivity index is 2.43. The number of fused-ring (bicyclic) bond motifs is 1. The number of carboxylic acids is 1. The van der Waals surface area contributed by atoms with Crippen molar-refractivity contribution in [3.05, 3.63) is 23.3 Å². The summed E-state index contributed by atoms with van der Waals surface area (Å²) in [4.78, 5) is 10.6. The van der Waals surface area contributed by atoms with Gasteiger partial charge in [-0.15, -0.1) is 0 Å². The number of aliphatic carboxylic acids is 1. The minimum Gasteiger partial charge on any atom is -0.486 e. The summed E-state index contributed by atoms with van der Waals surface area (Å²) in [5.74, 6) is 0.402. The first kappa shape index (κ1) is 9.83. The van der Waals surface area contributed by atoms with Crippen molar-refractivity contribution in [2.45, 2.75) is 13.3 Å². The second-order valence-corrected chi connectivity index (χ2v) is 3.47. The number of rotatable bonds is 2. The number of carbonyl (C=O) groups is 1. The van der Waals surface area contributed by atoms with Crippen molar-refractivity contribution in [1.82, 2.24) is 0 Å². The predicted molar refractivity (Wildman–Crippen MR) is 53.5 cm³/mol. The number of ether oxygens (including phenoxy) is 2. The van der Waals surface area contributed by atoms with E-state index >= 15 is 0 Å². The van der Waals surface area contributed by atoms with Crippen LogP contribution < -0.4 is 9.47 Å². The molecule has 0 bridgehead atoms. The molecular weight excluding hydrogens is 196 g/mol. The lowest BCUT2D eigenvalue weighted by Gasteiger charge is -2.22. The van der Waals surface area contributed by atoms with Gasteiger partial charge in [-0.2, -0.15) is 0 Å². The molecule has 0 spiro atoms. The average Bonchev–Trinajstić information content (AvgIpc) is 2.22. The zero-order valence-corrected chi connectivity index (χ0v) is 8.45. The summed E-state index contributed by atoms with van der Waals surface area (Å²) >= 11 is 0. The summed E-state index contributed by atoms with van der Waals surface area (Å²) in [5.41, 5.74) is 1.64. The maximum Gasteiger partial charge on any atom is 0.307 e. The molecule has 0 amide bonds. The van der Waals surface area contributed by atoms with Crippen LogP contribution in [0.4, 0.5) is 0 Å². The van der Waals surface area contributed by atoms with Crippen molar-refractivity contribution in [1.29, 1.82) is 0 Å². The lowest BCUT2D eigenvalue weighted by molar-refractivity contribution is -0.136. The molecule has 0 aromatic heterocycles. The van der Waals surface area contributed by atoms with Gasteiger partial charge < -0.3 is 14.6 Å². The van der Waals surface area contributed by atoms with Crippen LogP contribution in [0.25, 0.3) is 0 Å². The van der Waals surface area contributed by atoms with Crippen LogP contribution in [0.1, 0.15) is 11.1 Å². The van der Waals surface area contributed by atoms with Crippen molar-refractivity contribution in [2.75, 3.05) is 13.2 Å². The van der Waals surface area contributed by atoms with E-state index in [4.69, 9.17) is 14.6 Å². The van der Waals surface area contributed by atoms with Gasteiger partial charge in [0, 0.05) is 5.56 Å². The van der Waals surface area contributed by atoms with Gasteiger partial charge in [0.15, 0.2) is 11.5 Å². The number of carboxylic acid groups (broad SMARTS) is 1. The van der Waals surface area contributed by atoms with Crippen LogP contribution >= 0.6 is 0 Å². The van der Waals surface area contributed by atoms with Crippen molar-refractivity contribution >= 4 is 5.97 Å². The first-order valence-electron chi connectivity index (χ1n) is 4.78. The second kappa shape index (κ2) is 3.81. The van der Waals surface area contributed by atoms with Crippen LogP contribution in [0.5, 0.6) is 11.5 Å². The SMILES string of the molecule is Cc1ccc(CC(=O)O)c2c1OCCO2. The molecule has 4 nitrogen and oxygen atoms in total. The lowest BCUT2D eigenvalue weighted by atomic mass is 10.1. The van der Waals surface area contributed by atoms with Gasteiger partial charge in [0.25, 0.3) is 0 Å². The van der Waals surface area contributed by atoms with Crippen molar-refractivity contribution in [2.24, 2.45) is 0 Å². The highest BCUT2D eigenvalue weighted by Crippen LogP contribution is 2.37. The zero-order valence-electron chi connectivity index (χ0n) is 8.45. The summed E-state index contributed by atoms with van der Waals surface area (Å²) in [7, 11) is 0. The third-order valence-corrected chi connectivity index (χ3v) is 2.31. The summed E-state index contributed by atoms with van der Waals surface area (Å²) < 4.78 is 10.9. The van der Waals surface area contributed by atoms with Gasteiger partial charge in [-0.1, -0.05) is 12.1 Å². The molecule has 80 valence electrons. The molecule has 0 aliphatic carbocycles. The van der Waals surface area contributed by atoms with Crippen LogP contribution in [-0.4, -0.2) is 24.3 Å². The lowest BCUT2D eigenvalue weighted by Crippen LogP contribution is -2.18. The van der Waals surface area contributed by atoms with Crippen molar-refractivity contribution < 1.29 is 19.4 Å². The molecule has 1 aliphatic heterocycles. The van der Waals surface area contributed by atoms with Gasteiger partial charge in [-0.05, 0) is 12.5 Å². The zero-order chi connectivity index (χ0) is 10.8. The number of aryl methyl sites for hydroxylation is 1. The largest absolute Gasteiger partial charge is 0.486 e. The smallest absolute Gasteiger partial charge is 0.307 e. The molecule has 0 fully saturated rings. The first-order valence-corrected chi connectivity index (χ1v) is 4.78. The summed E-state index contributed by atoms with van der Waals surface area (Å²) in [6.07, 6.45) is -0.0357. The Bertz CT molecular complexity index is 398. The molecule has 1 N–H and O–H groups in total. The van der Waals surface area contributed by atoms with Crippen LogP contribution in [0.3, 0.4) is 0 Å².